The van der Waals surface area contributed by atoms with Crippen molar-refractivity contribution in [1.82, 2.24) is 20.9 Å². The molecular weight excluding hydrogens is 584 g/mol. The number of H-pyrrole nitrogens is 1. The number of ether oxygens (including phenoxy) is 4. The Morgan fingerprint density at radius 2 is 1.82 bits per heavy atom. The fourth-order valence-electron chi connectivity index (χ4n) is 4.96. The van der Waals surface area contributed by atoms with Crippen LogP contribution in [-0.2, 0) is 28.6 Å². The molecule has 1 aliphatic heterocycles. The van der Waals surface area contributed by atoms with E-state index in [0.717, 1.165) is 5.39 Å². The molecule has 248 valence electrons. The van der Waals surface area contributed by atoms with Crippen molar-refractivity contribution in [2.24, 2.45) is 11.8 Å². The van der Waals surface area contributed by atoms with Crippen LogP contribution >= 0.6 is 0 Å². The van der Waals surface area contributed by atoms with Crippen LogP contribution in [0.25, 0.3) is 10.9 Å². The van der Waals surface area contributed by atoms with E-state index >= 15 is 0 Å². The zero-order valence-electron chi connectivity index (χ0n) is 27.1. The Balaban J connectivity index is 1.74. The predicted octanol–water partition coefficient (Wildman–Crippen LogP) is 3.61. The van der Waals surface area contributed by atoms with E-state index in [9.17, 15) is 24.0 Å². The topological polar surface area (TPSA) is 174 Å². The molecule has 1 aromatic heterocycles. The van der Waals surface area contributed by atoms with Crippen LogP contribution in [0.4, 0.5) is 4.79 Å². The number of aromatic amines is 1. The van der Waals surface area contributed by atoms with E-state index in [1.165, 1.54) is 0 Å². The standard InChI is InChI=1S/C32H46N4O9/c1-8-27(44-31(41)45-32(4,5)6)43-17-25(37)22(15-19-12-13-33-28(19)38)35-29(39)23(14-18(2)3)36-30(40)24-16-20-21(34-24)10-9-11-26(20)42-7/h9-11,16,18-19,22-23,27,34H,8,12-15,17H2,1-7H3,(H,33,38)(H,35,39)(H,36,40)/t19-,22-,23-,27+/m0/s1. The van der Waals surface area contributed by atoms with Gasteiger partial charge in [0.25, 0.3) is 5.91 Å². The van der Waals surface area contributed by atoms with Crippen LogP contribution in [0.5, 0.6) is 5.75 Å². The average Bonchev–Trinajstić information content (AvgIpc) is 3.58. The summed E-state index contributed by atoms with van der Waals surface area (Å²) in [6.45, 7) is 10.6. The van der Waals surface area contributed by atoms with Gasteiger partial charge >= 0.3 is 6.16 Å². The first-order valence-corrected chi connectivity index (χ1v) is 15.3. The predicted molar refractivity (Wildman–Crippen MR) is 166 cm³/mol. The molecule has 1 fully saturated rings. The van der Waals surface area contributed by atoms with Crippen molar-refractivity contribution in [3.8, 4) is 5.75 Å². The zero-order chi connectivity index (χ0) is 33.3. The molecule has 0 saturated carbocycles. The maximum Gasteiger partial charge on any atom is 0.511 e. The minimum Gasteiger partial charge on any atom is -0.496 e. The smallest absolute Gasteiger partial charge is 0.496 e. The summed E-state index contributed by atoms with van der Waals surface area (Å²) >= 11 is 0. The van der Waals surface area contributed by atoms with Crippen molar-refractivity contribution in [3.63, 3.8) is 0 Å². The minimum atomic E-state index is -1.09. The van der Waals surface area contributed by atoms with Gasteiger partial charge in [0.05, 0.1) is 13.2 Å². The summed E-state index contributed by atoms with van der Waals surface area (Å²) in [4.78, 5) is 67.8. The molecule has 45 heavy (non-hydrogen) atoms. The van der Waals surface area contributed by atoms with E-state index < -0.39 is 60.3 Å². The van der Waals surface area contributed by atoms with Crippen LogP contribution in [0.15, 0.2) is 24.3 Å². The Morgan fingerprint density at radius 1 is 1.09 bits per heavy atom. The minimum absolute atomic E-state index is 0.0252. The molecule has 1 aromatic carbocycles. The van der Waals surface area contributed by atoms with Gasteiger partial charge in [-0.15, -0.1) is 0 Å². The van der Waals surface area contributed by atoms with Crippen molar-refractivity contribution in [1.29, 1.82) is 0 Å². The number of amides is 3. The van der Waals surface area contributed by atoms with Gasteiger partial charge < -0.3 is 39.9 Å². The molecule has 3 amide bonds. The summed E-state index contributed by atoms with van der Waals surface area (Å²) in [5.74, 6) is -1.65. The van der Waals surface area contributed by atoms with E-state index in [4.69, 9.17) is 18.9 Å². The molecule has 0 bridgehead atoms. The lowest BCUT2D eigenvalue weighted by molar-refractivity contribution is -0.152. The second-order valence-electron chi connectivity index (χ2n) is 12.5. The second kappa shape index (κ2) is 15.7. The first-order chi connectivity index (χ1) is 21.2. The number of methoxy groups -OCH3 is 1. The van der Waals surface area contributed by atoms with Gasteiger partial charge in [-0.05, 0) is 64.2 Å². The first-order valence-electron chi connectivity index (χ1n) is 15.3. The molecule has 4 N–H and O–H groups in total. The number of carbonyl (C=O) groups is 5. The lowest BCUT2D eigenvalue weighted by Crippen LogP contribution is -2.53. The van der Waals surface area contributed by atoms with Gasteiger partial charge in [0, 0.05) is 29.8 Å². The number of hydrogen-bond donors (Lipinski definition) is 4. The van der Waals surface area contributed by atoms with Gasteiger partial charge in [-0.25, -0.2) is 4.79 Å². The number of fused-ring (bicyclic) bond motifs is 1. The lowest BCUT2D eigenvalue weighted by Gasteiger charge is -2.26. The van der Waals surface area contributed by atoms with Gasteiger partial charge in [0.15, 0.2) is 5.78 Å². The van der Waals surface area contributed by atoms with E-state index in [2.05, 4.69) is 20.9 Å². The molecule has 13 heteroatoms. The molecule has 1 saturated heterocycles. The number of ketones is 1. The Hall–Kier alpha value is -4.13. The largest absolute Gasteiger partial charge is 0.511 e. The number of Topliss-reactive ketones (excluding diaryl/α,β-unsaturated/α-hetero) is 1. The fourth-order valence-corrected chi connectivity index (χ4v) is 4.96. The quantitative estimate of drug-likeness (QED) is 0.169. The van der Waals surface area contributed by atoms with Crippen LogP contribution in [0.2, 0.25) is 0 Å². The third-order valence-electron chi connectivity index (χ3n) is 7.17. The Kier molecular flexibility index (Phi) is 12.4. The molecule has 2 aromatic rings. The van der Waals surface area contributed by atoms with Gasteiger partial charge in [0.1, 0.15) is 29.7 Å². The monoisotopic (exact) mass is 630 g/mol. The first kappa shape index (κ1) is 35.4. The molecule has 3 rings (SSSR count). The average molecular weight is 631 g/mol. The van der Waals surface area contributed by atoms with E-state index in [0.29, 0.717) is 30.7 Å². The van der Waals surface area contributed by atoms with E-state index in [1.54, 1.807) is 53.0 Å². The van der Waals surface area contributed by atoms with Crippen LogP contribution < -0.4 is 20.7 Å². The second-order valence-corrected chi connectivity index (χ2v) is 12.5. The van der Waals surface area contributed by atoms with Gasteiger partial charge in [-0.2, -0.15) is 0 Å². The van der Waals surface area contributed by atoms with Crippen LogP contribution in [0.1, 0.15) is 77.7 Å². The highest BCUT2D eigenvalue weighted by molar-refractivity contribution is 6.02. The van der Waals surface area contributed by atoms with Gasteiger partial charge in [0.2, 0.25) is 18.1 Å². The molecular formula is C32H46N4O9. The maximum atomic E-state index is 13.6. The summed E-state index contributed by atoms with van der Waals surface area (Å²) in [6, 6.07) is 4.98. The highest BCUT2D eigenvalue weighted by Gasteiger charge is 2.34. The van der Waals surface area contributed by atoms with Crippen LogP contribution in [-0.4, -0.2) is 78.9 Å². The van der Waals surface area contributed by atoms with Crippen LogP contribution in [0.3, 0.4) is 0 Å². The number of rotatable bonds is 15. The summed E-state index contributed by atoms with van der Waals surface area (Å²) in [6.07, 6.45) is -0.892. The summed E-state index contributed by atoms with van der Waals surface area (Å²) in [5.41, 5.74) is 0.173. The van der Waals surface area contributed by atoms with Crippen LogP contribution in [0, 0.1) is 11.8 Å². The van der Waals surface area contributed by atoms with Gasteiger partial charge in [-0.1, -0.05) is 26.8 Å². The zero-order valence-corrected chi connectivity index (χ0v) is 27.1. The number of nitrogens with one attached hydrogen (secondary N) is 4. The summed E-state index contributed by atoms with van der Waals surface area (Å²) in [7, 11) is 1.54. The molecule has 2 heterocycles. The number of aromatic nitrogens is 1. The summed E-state index contributed by atoms with van der Waals surface area (Å²) in [5, 5.41) is 9.01. The van der Waals surface area contributed by atoms with Crippen molar-refractivity contribution in [2.45, 2.75) is 91.2 Å². The van der Waals surface area contributed by atoms with Crippen molar-refractivity contribution >= 4 is 40.6 Å². The van der Waals surface area contributed by atoms with Gasteiger partial charge in [-0.3, -0.25) is 19.2 Å². The fraction of sp³-hybridized carbons (Fsp3) is 0.594. The third-order valence-corrected chi connectivity index (χ3v) is 7.17. The van der Waals surface area contributed by atoms with Crippen molar-refractivity contribution < 1.29 is 42.9 Å². The highest BCUT2D eigenvalue weighted by Crippen LogP contribution is 2.26. The SMILES string of the molecule is CC[C@H](OCC(=O)[C@H](C[C@@H]1CCNC1=O)NC(=O)[C@H](CC(C)C)NC(=O)c1cc2c(OC)cccc2[nH]1)OC(=O)OC(C)(C)C. The Labute approximate surface area is 263 Å². The third kappa shape index (κ3) is 10.5. The molecule has 1 aliphatic rings. The number of carbonyl (C=O) groups excluding carboxylic acids is 5. The molecule has 0 unspecified atom stereocenters. The molecule has 0 radical (unpaired) electrons. The lowest BCUT2D eigenvalue weighted by atomic mass is 9.95. The molecule has 0 aliphatic carbocycles. The van der Waals surface area contributed by atoms with E-state index in [-0.39, 0.29) is 30.4 Å². The summed E-state index contributed by atoms with van der Waals surface area (Å²) < 4.78 is 21.3. The van der Waals surface area contributed by atoms with E-state index in [1.807, 2.05) is 19.9 Å². The normalized spacial score (nSPS) is 16.9. The molecule has 4 atom stereocenters. The molecule has 0 spiro atoms. The number of hydrogen-bond acceptors (Lipinski definition) is 9. The maximum absolute atomic E-state index is 13.6. The van der Waals surface area contributed by atoms with Crippen molar-refractivity contribution in [3.05, 3.63) is 30.0 Å². The highest BCUT2D eigenvalue weighted by atomic mass is 16.8. The number of benzene rings is 1. The van der Waals surface area contributed by atoms with Crippen molar-refractivity contribution in [2.75, 3.05) is 20.3 Å². The molecule has 13 nitrogen and oxygen atoms in total. The Bertz CT molecular complexity index is 1360. The Morgan fingerprint density at radius 3 is 2.42 bits per heavy atom.